The van der Waals surface area contributed by atoms with E-state index in [-0.39, 0.29) is 5.91 Å². The molecule has 4 nitrogen and oxygen atoms in total. The molecule has 0 atom stereocenters. The fraction of sp³-hybridized carbons (Fsp3) is 0.917. The Morgan fingerprint density at radius 2 is 2.06 bits per heavy atom. The van der Waals surface area contributed by atoms with Gasteiger partial charge in [0.05, 0.1) is 0 Å². The first-order valence-corrected chi connectivity index (χ1v) is 6.10. The van der Waals surface area contributed by atoms with Crippen LogP contribution in [-0.2, 0) is 9.53 Å². The molecule has 1 aliphatic heterocycles. The molecule has 0 aliphatic carbocycles. The number of carbonyl (C=O) groups excluding carboxylic acids is 1. The number of amides is 1. The van der Waals surface area contributed by atoms with E-state index in [1.807, 2.05) is 0 Å². The van der Waals surface area contributed by atoms with E-state index in [1.165, 1.54) is 12.8 Å². The lowest BCUT2D eigenvalue weighted by molar-refractivity contribution is -0.139. The summed E-state index contributed by atoms with van der Waals surface area (Å²) < 4.78 is 5.12. The van der Waals surface area contributed by atoms with E-state index in [0.717, 1.165) is 32.0 Å². The summed E-state index contributed by atoms with van der Waals surface area (Å²) in [6, 6.07) is 0. The standard InChI is InChI=1S/C12H24N2O2/c1-12(2,16-3)11(15)14-9-6-10-4-7-13-8-5-10/h10,13H,4-9H2,1-3H3,(H,14,15). The second-order valence-electron chi connectivity index (χ2n) is 4.95. The molecule has 1 amide bonds. The topological polar surface area (TPSA) is 50.4 Å². The van der Waals surface area contributed by atoms with Gasteiger partial charge in [-0.2, -0.15) is 0 Å². The molecule has 94 valence electrons. The lowest BCUT2D eigenvalue weighted by atomic mass is 9.94. The number of piperidine rings is 1. The smallest absolute Gasteiger partial charge is 0.251 e. The first kappa shape index (κ1) is 13.5. The van der Waals surface area contributed by atoms with Gasteiger partial charge in [-0.3, -0.25) is 4.79 Å². The molecule has 16 heavy (non-hydrogen) atoms. The van der Waals surface area contributed by atoms with E-state index in [2.05, 4.69) is 10.6 Å². The fourth-order valence-electron chi connectivity index (χ4n) is 1.87. The maximum Gasteiger partial charge on any atom is 0.251 e. The quantitative estimate of drug-likeness (QED) is 0.735. The van der Waals surface area contributed by atoms with E-state index in [0.29, 0.717) is 0 Å². The van der Waals surface area contributed by atoms with Gasteiger partial charge in [0, 0.05) is 13.7 Å². The van der Waals surface area contributed by atoms with Crippen molar-refractivity contribution in [2.24, 2.45) is 5.92 Å². The summed E-state index contributed by atoms with van der Waals surface area (Å²) in [6.07, 6.45) is 3.53. The normalized spacial score (nSPS) is 18.4. The zero-order chi connectivity index (χ0) is 12.0. The third kappa shape index (κ3) is 4.10. The van der Waals surface area contributed by atoms with E-state index in [1.54, 1.807) is 21.0 Å². The third-order valence-corrected chi connectivity index (χ3v) is 3.35. The summed E-state index contributed by atoms with van der Waals surface area (Å²) in [5, 5.41) is 6.28. The summed E-state index contributed by atoms with van der Waals surface area (Å²) in [4.78, 5) is 11.7. The molecule has 1 rings (SSSR count). The van der Waals surface area contributed by atoms with Gasteiger partial charge in [0.2, 0.25) is 0 Å². The van der Waals surface area contributed by atoms with Crippen LogP contribution in [0.25, 0.3) is 0 Å². The van der Waals surface area contributed by atoms with Crippen LogP contribution in [0.5, 0.6) is 0 Å². The zero-order valence-electron chi connectivity index (χ0n) is 10.6. The van der Waals surface area contributed by atoms with Gasteiger partial charge in [-0.25, -0.2) is 0 Å². The summed E-state index contributed by atoms with van der Waals surface area (Å²) in [5.41, 5.74) is -0.714. The summed E-state index contributed by atoms with van der Waals surface area (Å²) in [7, 11) is 1.56. The highest BCUT2D eigenvalue weighted by molar-refractivity contribution is 5.84. The number of carbonyl (C=O) groups is 1. The van der Waals surface area contributed by atoms with Crippen LogP contribution in [0.4, 0.5) is 0 Å². The van der Waals surface area contributed by atoms with Crippen LogP contribution in [-0.4, -0.2) is 38.3 Å². The van der Waals surface area contributed by atoms with E-state index in [4.69, 9.17) is 4.74 Å². The Kier molecular flexibility index (Phi) is 5.22. The maximum atomic E-state index is 11.7. The number of methoxy groups -OCH3 is 1. The highest BCUT2D eigenvalue weighted by Crippen LogP contribution is 2.15. The Labute approximate surface area is 98.1 Å². The fourth-order valence-corrected chi connectivity index (χ4v) is 1.87. The van der Waals surface area contributed by atoms with Gasteiger partial charge < -0.3 is 15.4 Å². The van der Waals surface area contributed by atoms with Crippen LogP contribution in [0.3, 0.4) is 0 Å². The molecule has 0 aromatic rings. The van der Waals surface area contributed by atoms with Gasteiger partial charge in [0.15, 0.2) is 0 Å². The van der Waals surface area contributed by atoms with Gasteiger partial charge in [-0.05, 0) is 52.1 Å². The van der Waals surface area contributed by atoms with E-state index < -0.39 is 5.60 Å². The Morgan fingerprint density at radius 1 is 1.44 bits per heavy atom. The molecule has 0 aromatic heterocycles. The molecule has 0 saturated carbocycles. The van der Waals surface area contributed by atoms with Crippen molar-refractivity contribution in [3.05, 3.63) is 0 Å². The summed E-state index contributed by atoms with van der Waals surface area (Å²) >= 11 is 0. The second kappa shape index (κ2) is 6.21. The molecule has 0 unspecified atom stereocenters. The van der Waals surface area contributed by atoms with Crippen LogP contribution >= 0.6 is 0 Å². The van der Waals surface area contributed by atoms with Gasteiger partial charge in [0.25, 0.3) is 5.91 Å². The first-order chi connectivity index (χ1) is 7.56. The third-order valence-electron chi connectivity index (χ3n) is 3.35. The molecule has 4 heteroatoms. The number of nitrogens with one attached hydrogen (secondary N) is 2. The highest BCUT2D eigenvalue weighted by atomic mass is 16.5. The largest absolute Gasteiger partial charge is 0.369 e. The molecule has 0 bridgehead atoms. The molecule has 1 aliphatic rings. The predicted molar refractivity (Wildman–Crippen MR) is 64.3 cm³/mol. The molecule has 0 radical (unpaired) electrons. The van der Waals surface area contributed by atoms with Crippen molar-refractivity contribution in [1.29, 1.82) is 0 Å². The number of hydrogen-bond donors (Lipinski definition) is 2. The second-order valence-corrected chi connectivity index (χ2v) is 4.95. The minimum Gasteiger partial charge on any atom is -0.369 e. The highest BCUT2D eigenvalue weighted by Gasteiger charge is 2.26. The molecule has 1 saturated heterocycles. The maximum absolute atomic E-state index is 11.7. The van der Waals surface area contributed by atoms with Gasteiger partial charge >= 0.3 is 0 Å². The lowest BCUT2D eigenvalue weighted by Crippen LogP contribution is -2.44. The molecular formula is C12H24N2O2. The number of ether oxygens (including phenoxy) is 1. The SMILES string of the molecule is COC(C)(C)C(=O)NCCC1CCNCC1. The average molecular weight is 228 g/mol. The molecular weight excluding hydrogens is 204 g/mol. The Balaban J connectivity index is 2.17. The van der Waals surface area contributed by atoms with Crippen molar-refractivity contribution in [1.82, 2.24) is 10.6 Å². The van der Waals surface area contributed by atoms with Crippen LogP contribution in [0.1, 0.15) is 33.1 Å². The van der Waals surface area contributed by atoms with Crippen molar-refractivity contribution in [2.75, 3.05) is 26.7 Å². The van der Waals surface area contributed by atoms with Gasteiger partial charge in [0.1, 0.15) is 5.60 Å². The molecule has 1 fully saturated rings. The minimum absolute atomic E-state index is 0.0241. The van der Waals surface area contributed by atoms with Crippen molar-refractivity contribution in [3.63, 3.8) is 0 Å². The monoisotopic (exact) mass is 228 g/mol. The van der Waals surface area contributed by atoms with Crippen LogP contribution < -0.4 is 10.6 Å². The summed E-state index contributed by atoms with van der Waals surface area (Å²) in [5.74, 6) is 0.733. The van der Waals surface area contributed by atoms with Crippen molar-refractivity contribution in [2.45, 2.75) is 38.7 Å². The Bertz CT molecular complexity index is 223. The predicted octanol–water partition coefficient (Wildman–Crippen LogP) is 0.917. The average Bonchev–Trinajstić information content (AvgIpc) is 2.30. The Morgan fingerprint density at radius 3 is 2.62 bits per heavy atom. The van der Waals surface area contributed by atoms with Gasteiger partial charge in [-0.1, -0.05) is 0 Å². The molecule has 0 aromatic carbocycles. The van der Waals surface area contributed by atoms with Crippen molar-refractivity contribution >= 4 is 5.91 Å². The minimum atomic E-state index is -0.714. The van der Waals surface area contributed by atoms with E-state index >= 15 is 0 Å². The summed E-state index contributed by atoms with van der Waals surface area (Å²) in [6.45, 7) is 6.56. The van der Waals surface area contributed by atoms with Crippen LogP contribution in [0, 0.1) is 5.92 Å². The number of rotatable bonds is 5. The van der Waals surface area contributed by atoms with Crippen LogP contribution in [0.15, 0.2) is 0 Å². The van der Waals surface area contributed by atoms with Crippen molar-refractivity contribution in [3.8, 4) is 0 Å². The van der Waals surface area contributed by atoms with Gasteiger partial charge in [-0.15, -0.1) is 0 Å². The molecule has 2 N–H and O–H groups in total. The zero-order valence-corrected chi connectivity index (χ0v) is 10.6. The molecule has 0 spiro atoms. The molecule has 1 heterocycles. The Hall–Kier alpha value is -0.610. The first-order valence-electron chi connectivity index (χ1n) is 6.10. The van der Waals surface area contributed by atoms with E-state index in [9.17, 15) is 4.79 Å². The van der Waals surface area contributed by atoms with Crippen molar-refractivity contribution < 1.29 is 9.53 Å². The lowest BCUT2D eigenvalue weighted by Gasteiger charge is -2.25. The number of hydrogen-bond acceptors (Lipinski definition) is 3. The van der Waals surface area contributed by atoms with Crippen LogP contribution in [0.2, 0.25) is 0 Å².